The van der Waals surface area contributed by atoms with Crippen molar-refractivity contribution in [3.05, 3.63) is 65.7 Å². The summed E-state index contributed by atoms with van der Waals surface area (Å²) in [6.07, 6.45) is 1.55. The van der Waals surface area contributed by atoms with E-state index in [1.54, 1.807) is 60.1 Å². The predicted molar refractivity (Wildman–Crippen MR) is 114 cm³/mol. The van der Waals surface area contributed by atoms with Crippen molar-refractivity contribution >= 4 is 38.1 Å². The van der Waals surface area contributed by atoms with Gasteiger partial charge in [-0.15, -0.1) is 11.3 Å². The predicted octanol–water partition coefficient (Wildman–Crippen LogP) is 3.68. The first-order valence-corrected chi connectivity index (χ1v) is 11.2. The summed E-state index contributed by atoms with van der Waals surface area (Å²) in [7, 11) is -2.42. The molecule has 152 valence electrons. The van der Waals surface area contributed by atoms with Crippen LogP contribution in [0.2, 0.25) is 0 Å². The fraction of sp³-hybridized carbons (Fsp3) is 0.200. The summed E-state index contributed by atoms with van der Waals surface area (Å²) in [4.78, 5) is 16.5. The van der Waals surface area contributed by atoms with Gasteiger partial charge in [-0.3, -0.25) is 9.10 Å². The van der Waals surface area contributed by atoms with E-state index in [0.717, 1.165) is 5.56 Å². The Kier molecular flexibility index (Phi) is 6.50. The molecule has 0 aliphatic heterocycles. The largest absolute Gasteiger partial charge is 0.495 e. The lowest BCUT2D eigenvalue weighted by Crippen LogP contribution is -2.34. The molecule has 1 N–H and O–H groups in total. The number of carbonyl (C=O) groups is 1. The van der Waals surface area contributed by atoms with E-state index in [9.17, 15) is 13.2 Å². The van der Waals surface area contributed by atoms with Crippen molar-refractivity contribution in [1.82, 2.24) is 4.98 Å². The lowest BCUT2D eigenvalue weighted by molar-refractivity contribution is -0.116. The topological polar surface area (TPSA) is 88.6 Å². The minimum atomic E-state index is -3.90. The highest BCUT2D eigenvalue weighted by molar-refractivity contribution is 7.92. The molecule has 1 amide bonds. The molecule has 0 fully saturated rings. The van der Waals surface area contributed by atoms with Crippen molar-refractivity contribution in [2.75, 3.05) is 23.3 Å². The van der Waals surface area contributed by atoms with Gasteiger partial charge in [-0.1, -0.05) is 29.8 Å². The molecule has 0 radical (unpaired) electrons. The third kappa shape index (κ3) is 4.93. The number of hydrogen-bond acceptors (Lipinski definition) is 6. The van der Waals surface area contributed by atoms with Crippen LogP contribution >= 0.6 is 11.3 Å². The molecule has 0 aliphatic rings. The number of nitrogens with one attached hydrogen (secondary N) is 1. The standard InChI is InChI=1S/C20H21N3O4S2/c1-15-7-9-16(10-8-15)29(25,26)23(17-5-3-4-6-18(17)27-2)13-11-19(24)22-20-21-12-14-28-20/h3-10,12,14H,11,13H2,1-2H3,(H,21,22,24). The van der Waals surface area contributed by atoms with Crippen LogP contribution in [-0.4, -0.2) is 33.0 Å². The maximum absolute atomic E-state index is 13.4. The second kappa shape index (κ2) is 9.06. The third-order valence-corrected chi connectivity index (χ3v) is 6.70. The molecule has 1 aromatic heterocycles. The van der Waals surface area contributed by atoms with Gasteiger partial charge in [-0.05, 0) is 31.2 Å². The fourth-order valence-electron chi connectivity index (χ4n) is 2.71. The number of benzene rings is 2. The average molecular weight is 432 g/mol. The minimum Gasteiger partial charge on any atom is -0.495 e. The maximum atomic E-state index is 13.4. The molecule has 9 heteroatoms. The number of methoxy groups -OCH3 is 1. The SMILES string of the molecule is COc1ccccc1N(CCC(=O)Nc1nccs1)S(=O)(=O)c1ccc(C)cc1. The molecule has 7 nitrogen and oxygen atoms in total. The number of aromatic nitrogens is 1. The van der Waals surface area contributed by atoms with Gasteiger partial charge in [0.1, 0.15) is 5.75 Å². The van der Waals surface area contributed by atoms with Crippen molar-refractivity contribution < 1.29 is 17.9 Å². The Hall–Kier alpha value is -2.91. The van der Waals surface area contributed by atoms with Gasteiger partial charge < -0.3 is 10.1 Å². The Bertz CT molecular complexity index is 1070. The zero-order valence-electron chi connectivity index (χ0n) is 16.0. The van der Waals surface area contributed by atoms with Gasteiger partial charge in [0, 0.05) is 24.5 Å². The lowest BCUT2D eigenvalue weighted by Gasteiger charge is -2.26. The number of anilines is 2. The molecular weight excluding hydrogens is 410 g/mol. The molecule has 0 unspecified atom stereocenters. The zero-order chi connectivity index (χ0) is 20.9. The highest BCUT2D eigenvalue weighted by Gasteiger charge is 2.27. The molecule has 0 bridgehead atoms. The first-order valence-electron chi connectivity index (χ1n) is 8.83. The maximum Gasteiger partial charge on any atom is 0.264 e. The van der Waals surface area contributed by atoms with Crippen LogP contribution in [-0.2, 0) is 14.8 Å². The number of sulfonamides is 1. The average Bonchev–Trinajstić information content (AvgIpc) is 3.21. The summed E-state index contributed by atoms with van der Waals surface area (Å²) in [5.41, 5.74) is 1.33. The summed E-state index contributed by atoms with van der Waals surface area (Å²) in [5, 5.41) is 4.89. The van der Waals surface area contributed by atoms with E-state index in [1.165, 1.54) is 22.8 Å². The highest BCUT2D eigenvalue weighted by atomic mass is 32.2. The number of rotatable bonds is 8. The number of amides is 1. The van der Waals surface area contributed by atoms with Crippen molar-refractivity contribution in [3.8, 4) is 5.75 Å². The van der Waals surface area contributed by atoms with Crippen LogP contribution in [0.3, 0.4) is 0 Å². The zero-order valence-corrected chi connectivity index (χ0v) is 17.7. The molecule has 0 saturated carbocycles. The Morgan fingerprint density at radius 1 is 1.17 bits per heavy atom. The van der Waals surface area contributed by atoms with Crippen molar-refractivity contribution in [2.24, 2.45) is 0 Å². The van der Waals surface area contributed by atoms with E-state index in [4.69, 9.17) is 4.74 Å². The monoisotopic (exact) mass is 431 g/mol. The van der Waals surface area contributed by atoms with Crippen LogP contribution in [0.1, 0.15) is 12.0 Å². The number of thiazole rings is 1. The van der Waals surface area contributed by atoms with E-state index in [-0.39, 0.29) is 23.8 Å². The number of aryl methyl sites for hydroxylation is 1. The molecule has 0 saturated heterocycles. The second-order valence-corrected chi connectivity index (χ2v) is 8.95. The molecule has 2 aromatic carbocycles. The van der Waals surface area contributed by atoms with Gasteiger partial charge in [0.2, 0.25) is 5.91 Å². The molecular formula is C20H21N3O4S2. The minimum absolute atomic E-state index is 0.0390. The Morgan fingerprint density at radius 2 is 1.90 bits per heavy atom. The van der Waals surface area contributed by atoms with Gasteiger partial charge in [0.05, 0.1) is 17.7 Å². The van der Waals surface area contributed by atoms with Gasteiger partial charge in [0.25, 0.3) is 10.0 Å². The van der Waals surface area contributed by atoms with E-state index < -0.39 is 10.0 Å². The van der Waals surface area contributed by atoms with E-state index in [2.05, 4.69) is 10.3 Å². The van der Waals surface area contributed by atoms with Crippen LogP contribution in [0.5, 0.6) is 5.75 Å². The van der Waals surface area contributed by atoms with Crippen molar-refractivity contribution in [3.63, 3.8) is 0 Å². The van der Waals surface area contributed by atoms with Crippen LogP contribution in [0.25, 0.3) is 0 Å². The lowest BCUT2D eigenvalue weighted by atomic mass is 10.2. The smallest absolute Gasteiger partial charge is 0.264 e. The number of carbonyl (C=O) groups excluding carboxylic acids is 1. The summed E-state index contributed by atoms with van der Waals surface area (Å²) in [5.74, 6) is 0.0856. The number of ether oxygens (including phenoxy) is 1. The Morgan fingerprint density at radius 3 is 2.55 bits per heavy atom. The van der Waals surface area contributed by atoms with Crippen molar-refractivity contribution in [1.29, 1.82) is 0 Å². The molecule has 0 atom stereocenters. The van der Waals surface area contributed by atoms with E-state index in [1.807, 2.05) is 6.92 Å². The molecule has 0 aliphatic carbocycles. The second-order valence-electron chi connectivity index (χ2n) is 6.20. The molecule has 3 aromatic rings. The molecule has 1 heterocycles. The normalized spacial score (nSPS) is 11.1. The van der Waals surface area contributed by atoms with Crippen LogP contribution < -0.4 is 14.4 Å². The number of para-hydroxylation sites is 2. The highest BCUT2D eigenvalue weighted by Crippen LogP contribution is 2.32. The van der Waals surface area contributed by atoms with Gasteiger partial charge in [-0.25, -0.2) is 13.4 Å². The van der Waals surface area contributed by atoms with Gasteiger partial charge >= 0.3 is 0 Å². The summed E-state index contributed by atoms with van der Waals surface area (Å²) >= 11 is 1.30. The summed E-state index contributed by atoms with van der Waals surface area (Å²) < 4.78 is 33.3. The molecule has 0 spiro atoms. The first-order chi connectivity index (χ1) is 13.9. The molecule has 3 rings (SSSR count). The fourth-order valence-corrected chi connectivity index (χ4v) is 4.73. The summed E-state index contributed by atoms with van der Waals surface area (Å²) in [6.45, 7) is 1.84. The van der Waals surface area contributed by atoms with E-state index >= 15 is 0 Å². The van der Waals surface area contributed by atoms with Gasteiger partial charge in [-0.2, -0.15) is 0 Å². The summed E-state index contributed by atoms with van der Waals surface area (Å²) in [6, 6.07) is 13.4. The van der Waals surface area contributed by atoms with Crippen LogP contribution in [0, 0.1) is 6.92 Å². The Labute approximate surface area is 174 Å². The number of hydrogen-bond donors (Lipinski definition) is 1. The number of nitrogens with zero attached hydrogens (tertiary/aromatic N) is 2. The quantitative estimate of drug-likeness (QED) is 0.588. The van der Waals surface area contributed by atoms with E-state index in [0.29, 0.717) is 16.6 Å². The van der Waals surface area contributed by atoms with Crippen molar-refractivity contribution in [2.45, 2.75) is 18.2 Å². The van der Waals surface area contributed by atoms with Crippen LogP contribution in [0.15, 0.2) is 65.0 Å². The van der Waals surface area contributed by atoms with Crippen LogP contribution in [0.4, 0.5) is 10.8 Å². The third-order valence-electron chi connectivity index (χ3n) is 4.18. The first kappa shape index (κ1) is 20.8. The Balaban J connectivity index is 1.91. The molecule has 29 heavy (non-hydrogen) atoms. The van der Waals surface area contributed by atoms with Gasteiger partial charge in [0.15, 0.2) is 5.13 Å².